The molecule has 1 nitrogen and oxygen atoms in total. The molecule has 0 amide bonds. The number of nitrogens with one attached hydrogen (secondary N) is 1. The average Bonchev–Trinajstić information content (AvgIpc) is 2.17. The summed E-state index contributed by atoms with van der Waals surface area (Å²) in [6, 6.07) is 5.42. The van der Waals surface area contributed by atoms with Crippen molar-refractivity contribution in [1.29, 1.82) is 0 Å². The average molecular weight is 227 g/mol. The van der Waals surface area contributed by atoms with Crippen molar-refractivity contribution in [3.05, 3.63) is 29.6 Å². The highest BCUT2D eigenvalue weighted by molar-refractivity contribution is 7.98. The zero-order valence-electron chi connectivity index (χ0n) is 9.51. The van der Waals surface area contributed by atoms with E-state index in [0.29, 0.717) is 10.8 Å². The molecule has 84 valence electrons. The number of hydrogen-bond acceptors (Lipinski definition) is 2. The fourth-order valence-corrected chi connectivity index (χ4v) is 1.78. The minimum Gasteiger partial charge on any atom is -0.312 e. The smallest absolute Gasteiger partial charge is 0.137 e. The third kappa shape index (κ3) is 4.22. The van der Waals surface area contributed by atoms with Crippen LogP contribution in [-0.2, 0) is 6.54 Å². The van der Waals surface area contributed by atoms with Crippen LogP contribution in [0.2, 0.25) is 0 Å². The molecular weight excluding hydrogens is 209 g/mol. The van der Waals surface area contributed by atoms with Gasteiger partial charge in [-0.2, -0.15) is 0 Å². The van der Waals surface area contributed by atoms with Crippen LogP contribution in [0.15, 0.2) is 23.1 Å². The first kappa shape index (κ1) is 12.5. The summed E-state index contributed by atoms with van der Waals surface area (Å²) < 4.78 is 13.4. The lowest BCUT2D eigenvalue weighted by molar-refractivity contribution is 0.548. The van der Waals surface area contributed by atoms with Crippen molar-refractivity contribution in [1.82, 2.24) is 5.32 Å². The Balaban J connectivity index is 2.52. The lowest BCUT2D eigenvalue weighted by atomic mass is 10.2. The van der Waals surface area contributed by atoms with Gasteiger partial charge in [0.05, 0.1) is 0 Å². The lowest BCUT2D eigenvalue weighted by Crippen LogP contribution is -2.18. The van der Waals surface area contributed by atoms with Crippen LogP contribution < -0.4 is 5.32 Å². The molecule has 3 heteroatoms. The molecule has 0 heterocycles. The largest absolute Gasteiger partial charge is 0.312 e. The van der Waals surface area contributed by atoms with E-state index in [4.69, 9.17) is 0 Å². The van der Waals surface area contributed by atoms with Gasteiger partial charge in [0.25, 0.3) is 0 Å². The van der Waals surface area contributed by atoms with Gasteiger partial charge in [0, 0.05) is 11.4 Å². The molecule has 0 aliphatic carbocycles. The summed E-state index contributed by atoms with van der Waals surface area (Å²) in [4.78, 5) is 0.711. The van der Waals surface area contributed by atoms with Gasteiger partial charge in [-0.1, -0.05) is 19.9 Å². The highest BCUT2D eigenvalue weighted by Gasteiger charge is 2.02. The first-order valence-corrected chi connectivity index (χ1v) is 6.39. The molecule has 1 aromatic rings. The molecule has 1 aromatic carbocycles. The molecule has 0 saturated carbocycles. The first-order valence-electron chi connectivity index (χ1n) is 5.16. The van der Waals surface area contributed by atoms with Crippen LogP contribution in [0.4, 0.5) is 4.39 Å². The standard InChI is InChI=1S/C12H18FNS/c1-9(2)7-14-8-10-4-5-12(15-3)11(13)6-10/h4-6,9,14H,7-8H2,1-3H3. The van der Waals surface area contributed by atoms with Crippen LogP contribution in [0.5, 0.6) is 0 Å². The molecule has 0 aliphatic heterocycles. The number of thioether (sulfide) groups is 1. The number of rotatable bonds is 5. The van der Waals surface area contributed by atoms with E-state index in [2.05, 4.69) is 19.2 Å². The van der Waals surface area contributed by atoms with Gasteiger partial charge in [0.1, 0.15) is 5.82 Å². The van der Waals surface area contributed by atoms with Crippen LogP contribution >= 0.6 is 11.8 Å². The first-order chi connectivity index (χ1) is 7.13. The maximum Gasteiger partial charge on any atom is 0.137 e. The fourth-order valence-electron chi connectivity index (χ4n) is 1.33. The summed E-state index contributed by atoms with van der Waals surface area (Å²) >= 11 is 1.44. The van der Waals surface area contributed by atoms with Crippen molar-refractivity contribution < 1.29 is 4.39 Å². The predicted octanol–water partition coefficient (Wildman–Crippen LogP) is 3.29. The Morgan fingerprint density at radius 2 is 2.13 bits per heavy atom. The molecule has 0 unspecified atom stereocenters. The minimum atomic E-state index is -0.119. The Labute approximate surface area is 95.5 Å². The van der Waals surface area contributed by atoms with Crippen LogP contribution in [0.3, 0.4) is 0 Å². The van der Waals surface area contributed by atoms with E-state index in [9.17, 15) is 4.39 Å². The second-order valence-electron chi connectivity index (χ2n) is 3.99. The molecule has 0 bridgehead atoms. The number of benzene rings is 1. The molecule has 0 spiro atoms. The van der Waals surface area contributed by atoms with Crippen LogP contribution in [0.25, 0.3) is 0 Å². The molecule has 0 saturated heterocycles. The topological polar surface area (TPSA) is 12.0 Å². The predicted molar refractivity (Wildman–Crippen MR) is 64.7 cm³/mol. The molecule has 0 fully saturated rings. The van der Waals surface area contributed by atoms with Crippen LogP contribution in [0.1, 0.15) is 19.4 Å². The number of hydrogen-bond donors (Lipinski definition) is 1. The summed E-state index contributed by atoms with van der Waals surface area (Å²) in [6.07, 6.45) is 1.88. The van der Waals surface area contributed by atoms with E-state index in [1.807, 2.05) is 18.4 Å². The van der Waals surface area contributed by atoms with E-state index < -0.39 is 0 Å². The van der Waals surface area contributed by atoms with Gasteiger partial charge >= 0.3 is 0 Å². The molecule has 0 atom stereocenters. The molecule has 0 aromatic heterocycles. The molecule has 0 aliphatic rings. The van der Waals surface area contributed by atoms with Gasteiger partial charge in [0.15, 0.2) is 0 Å². The minimum absolute atomic E-state index is 0.119. The molecule has 1 N–H and O–H groups in total. The van der Waals surface area contributed by atoms with Crippen molar-refractivity contribution in [2.45, 2.75) is 25.3 Å². The van der Waals surface area contributed by atoms with E-state index in [1.165, 1.54) is 11.8 Å². The molecule has 0 radical (unpaired) electrons. The summed E-state index contributed by atoms with van der Waals surface area (Å²) in [5.74, 6) is 0.506. The van der Waals surface area contributed by atoms with Crippen molar-refractivity contribution >= 4 is 11.8 Å². The summed E-state index contributed by atoms with van der Waals surface area (Å²) in [5, 5.41) is 3.29. The normalized spacial score (nSPS) is 11.0. The Morgan fingerprint density at radius 3 is 2.67 bits per heavy atom. The Bertz CT molecular complexity index is 312. The third-order valence-corrected chi connectivity index (χ3v) is 2.87. The maximum absolute atomic E-state index is 13.4. The van der Waals surface area contributed by atoms with Gasteiger partial charge in [-0.05, 0) is 36.4 Å². The van der Waals surface area contributed by atoms with E-state index >= 15 is 0 Å². The Morgan fingerprint density at radius 1 is 1.40 bits per heavy atom. The van der Waals surface area contributed by atoms with E-state index in [-0.39, 0.29) is 5.82 Å². The van der Waals surface area contributed by atoms with Crippen molar-refractivity contribution in [3.8, 4) is 0 Å². The monoisotopic (exact) mass is 227 g/mol. The Kier molecular flexibility index (Phi) is 5.12. The zero-order valence-corrected chi connectivity index (χ0v) is 10.3. The number of halogens is 1. The summed E-state index contributed by atoms with van der Waals surface area (Å²) in [7, 11) is 0. The highest BCUT2D eigenvalue weighted by Crippen LogP contribution is 2.19. The van der Waals surface area contributed by atoms with Crippen molar-refractivity contribution in [3.63, 3.8) is 0 Å². The third-order valence-electron chi connectivity index (χ3n) is 2.10. The second-order valence-corrected chi connectivity index (χ2v) is 4.84. The second kappa shape index (κ2) is 6.13. The Hall–Kier alpha value is -0.540. The van der Waals surface area contributed by atoms with Crippen LogP contribution in [0, 0.1) is 11.7 Å². The van der Waals surface area contributed by atoms with E-state index in [1.54, 1.807) is 6.07 Å². The van der Waals surface area contributed by atoms with Gasteiger partial charge in [-0.15, -0.1) is 11.8 Å². The van der Waals surface area contributed by atoms with Crippen molar-refractivity contribution in [2.75, 3.05) is 12.8 Å². The van der Waals surface area contributed by atoms with Gasteiger partial charge in [0.2, 0.25) is 0 Å². The molecule has 15 heavy (non-hydrogen) atoms. The van der Waals surface area contributed by atoms with E-state index in [0.717, 1.165) is 18.7 Å². The summed E-state index contributed by atoms with van der Waals surface area (Å²) in [6.45, 7) is 6.02. The zero-order chi connectivity index (χ0) is 11.3. The highest BCUT2D eigenvalue weighted by atomic mass is 32.2. The van der Waals surface area contributed by atoms with Gasteiger partial charge in [-0.3, -0.25) is 0 Å². The fraction of sp³-hybridized carbons (Fsp3) is 0.500. The van der Waals surface area contributed by atoms with Crippen molar-refractivity contribution in [2.24, 2.45) is 5.92 Å². The summed E-state index contributed by atoms with van der Waals surface area (Å²) in [5.41, 5.74) is 1.01. The quantitative estimate of drug-likeness (QED) is 0.775. The lowest BCUT2D eigenvalue weighted by Gasteiger charge is -2.08. The van der Waals surface area contributed by atoms with Gasteiger partial charge in [-0.25, -0.2) is 4.39 Å². The maximum atomic E-state index is 13.4. The van der Waals surface area contributed by atoms with Crippen LogP contribution in [-0.4, -0.2) is 12.8 Å². The SMILES string of the molecule is CSc1ccc(CNCC(C)C)cc1F. The molecule has 1 rings (SSSR count). The molecular formula is C12H18FNS. The van der Waals surface area contributed by atoms with Gasteiger partial charge < -0.3 is 5.32 Å².